The Kier molecular flexibility index (Phi) is 5.76. The molecule has 1 amide bonds. The molecule has 25 heavy (non-hydrogen) atoms. The molecule has 0 bridgehead atoms. The monoisotopic (exact) mass is 355 g/mol. The molecule has 1 saturated carbocycles. The normalized spacial score (nSPS) is 20.8. The standard InChI is InChI=1S/C20H21NO3S/c22-19(21-16-12-11-15(13-16)20(23)24)18(14-7-3-1-4-8-14)25-17-9-5-2-6-10-17/h1-10,15-16,18H,11-13H2,(H,21,22)(H,23,24)/t15-,16+,18?/m1/s1. The van der Waals surface area contributed by atoms with Crippen molar-refractivity contribution in [3.63, 3.8) is 0 Å². The lowest BCUT2D eigenvalue weighted by atomic mass is 10.1. The lowest BCUT2D eigenvalue weighted by Crippen LogP contribution is -2.36. The van der Waals surface area contributed by atoms with E-state index in [-0.39, 0.29) is 23.1 Å². The zero-order chi connectivity index (χ0) is 17.6. The van der Waals surface area contributed by atoms with Gasteiger partial charge in [-0.3, -0.25) is 9.59 Å². The molecule has 130 valence electrons. The fraction of sp³-hybridized carbons (Fsp3) is 0.300. The minimum atomic E-state index is -0.769. The van der Waals surface area contributed by atoms with Gasteiger partial charge in [-0.15, -0.1) is 11.8 Å². The molecule has 0 spiro atoms. The summed E-state index contributed by atoms with van der Waals surface area (Å²) in [5, 5.41) is 11.8. The van der Waals surface area contributed by atoms with Gasteiger partial charge >= 0.3 is 5.97 Å². The minimum Gasteiger partial charge on any atom is -0.481 e. The zero-order valence-corrected chi connectivity index (χ0v) is 14.6. The predicted octanol–water partition coefficient (Wildman–Crippen LogP) is 3.89. The molecule has 5 heteroatoms. The van der Waals surface area contributed by atoms with Crippen LogP contribution in [0.3, 0.4) is 0 Å². The van der Waals surface area contributed by atoms with Gasteiger partial charge in [0, 0.05) is 10.9 Å². The van der Waals surface area contributed by atoms with Gasteiger partial charge in [0.15, 0.2) is 0 Å². The van der Waals surface area contributed by atoms with E-state index in [4.69, 9.17) is 5.11 Å². The van der Waals surface area contributed by atoms with Crippen LogP contribution in [0.4, 0.5) is 0 Å². The number of amides is 1. The van der Waals surface area contributed by atoms with E-state index in [9.17, 15) is 9.59 Å². The van der Waals surface area contributed by atoms with Gasteiger partial charge in [-0.1, -0.05) is 48.5 Å². The number of carbonyl (C=O) groups excluding carboxylic acids is 1. The van der Waals surface area contributed by atoms with E-state index in [1.807, 2.05) is 60.7 Å². The first-order valence-corrected chi connectivity index (χ1v) is 9.31. The van der Waals surface area contributed by atoms with Gasteiger partial charge < -0.3 is 10.4 Å². The average Bonchev–Trinajstić information content (AvgIpc) is 3.10. The molecule has 0 saturated heterocycles. The smallest absolute Gasteiger partial charge is 0.306 e. The number of rotatable bonds is 6. The van der Waals surface area contributed by atoms with Crippen LogP contribution < -0.4 is 5.32 Å². The van der Waals surface area contributed by atoms with Crippen molar-refractivity contribution in [3.8, 4) is 0 Å². The molecule has 0 aliphatic heterocycles. The van der Waals surface area contributed by atoms with Gasteiger partial charge in [-0.05, 0) is 37.0 Å². The van der Waals surface area contributed by atoms with Crippen LogP contribution in [0.5, 0.6) is 0 Å². The number of hydrogen-bond acceptors (Lipinski definition) is 3. The number of thioether (sulfide) groups is 1. The van der Waals surface area contributed by atoms with Crippen molar-refractivity contribution < 1.29 is 14.7 Å². The molecule has 1 aliphatic rings. The van der Waals surface area contributed by atoms with Gasteiger partial charge in [-0.25, -0.2) is 0 Å². The van der Waals surface area contributed by atoms with E-state index in [0.717, 1.165) is 16.9 Å². The van der Waals surface area contributed by atoms with Crippen LogP contribution in [0.15, 0.2) is 65.6 Å². The Morgan fingerprint density at radius 2 is 1.64 bits per heavy atom. The SMILES string of the molecule is O=C(N[C@H]1CC[C@@H](C(=O)O)C1)C(Sc1ccccc1)c1ccccc1. The summed E-state index contributed by atoms with van der Waals surface area (Å²) in [7, 11) is 0. The Balaban J connectivity index is 1.73. The highest BCUT2D eigenvalue weighted by Gasteiger charge is 2.32. The third-order valence-electron chi connectivity index (χ3n) is 4.47. The maximum absolute atomic E-state index is 12.9. The molecule has 3 atom stereocenters. The molecule has 0 aromatic heterocycles. The van der Waals surface area contributed by atoms with Crippen molar-refractivity contribution in [1.29, 1.82) is 0 Å². The Labute approximate surface area is 151 Å². The number of nitrogens with one attached hydrogen (secondary N) is 1. The summed E-state index contributed by atoms with van der Waals surface area (Å²) in [5.74, 6) is -1.17. The summed E-state index contributed by atoms with van der Waals surface area (Å²) in [6.45, 7) is 0. The van der Waals surface area contributed by atoms with Crippen molar-refractivity contribution in [1.82, 2.24) is 5.32 Å². The van der Waals surface area contributed by atoms with Crippen LogP contribution in [-0.4, -0.2) is 23.0 Å². The summed E-state index contributed by atoms with van der Waals surface area (Å²) in [4.78, 5) is 25.0. The fourth-order valence-corrected chi connectivity index (χ4v) is 4.20. The highest BCUT2D eigenvalue weighted by Crippen LogP contribution is 2.36. The van der Waals surface area contributed by atoms with Crippen molar-refractivity contribution in [2.45, 2.75) is 35.4 Å². The first-order valence-electron chi connectivity index (χ1n) is 8.43. The number of benzene rings is 2. The molecule has 1 fully saturated rings. The van der Waals surface area contributed by atoms with Crippen LogP contribution in [0, 0.1) is 5.92 Å². The Bertz CT molecular complexity index is 720. The van der Waals surface area contributed by atoms with E-state index in [0.29, 0.717) is 12.8 Å². The molecule has 3 rings (SSSR count). The largest absolute Gasteiger partial charge is 0.481 e. The molecular formula is C20H21NO3S. The number of carboxylic acid groups (broad SMARTS) is 1. The first-order chi connectivity index (χ1) is 12.1. The second kappa shape index (κ2) is 8.21. The van der Waals surface area contributed by atoms with Gasteiger partial charge in [0.05, 0.1) is 5.92 Å². The summed E-state index contributed by atoms with van der Waals surface area (Å²) in [6, 6.07) is 19.5. The first kappa shape index (κ1) is 17.5. The molecule has 0 heterocycles. The number of hydrogen-bond donors (Lipinski definition) is 2. The predicted molar refractivity (Wildman–Crippen MR) is 98.4 cm³/mol. The van der Waals surface area contributed by atoms with Gasteiger partial charge in [-0.2, -0.15) is 0 Å². The van der Waals surface area contributed by atoms with Crippen LogP contribution in [0.1, 0.15) is 30.1 Å². The zero-order valence-electron chi connectivity index (χ0n) is 13.8. The molecule has 0 radical (unpaired) electrons. The third-order valence-corrected chi connectivity index (χ3v) is 5.73. The molecular weight excluding hydrogens is 334 g/mol. The van der Waals surface area contributed by atoms with Crippen molar-refractivity contribution in [3.05, 3.63) is 66.2 Å². The summed E-state index contributed by atoms with van der Waals surface area (Å²) >= 11 is 1.51. The third kappa shape index (κ3) is 4.63. The highest BCUT2D eigenvalue weighted by molar-refractivity contribution is 8.00. The van der Waals surface area contributed by atoms with E-state index in [1.165, 1.54) is 11.8 Å². The van der Waals surface area contributed by atoms with Crippen molar-refractivity contribution >= 4 is 23.6 Å². The Morgan fingerprint density at radius 1 is 1.00 bits per heavy atom. The summed E-state index contributed by atoms with van der Waals surface area (Å²) in [5.41, 5.74) is 0.946. The van der Waals surface area contributed by atoms with Crippen molar-refractivity contribution in [2.24, 2.45) is 5.92 Å². The van der Waals surface area contributed by atoms with Gasteiger partial charge in [0.1, 0.15) is 5.25 Å². The van der Waals surface area contributed by atoms with E-state index < -0.39 is 5.97 Å². The molecule has 4 nitrogen and oxygen atoms in total. The molecule has 1 aliphatic carbocycles. The second-order valence-electron chi connectivity index (χ2n) is 6.28. The lowest BCUT2D eigenvalue weighted by Gasteiger charge is -2.20. The Morgan fingerprint density at radius 3 is 2.24 bits per heavy atom. The Hall–Kier alpha value is -2.27. The molecule has 2 N–H and O–H groups in total. The van der Waals surface area contributed by atoms with E-state index in [2.05, 4.69) is 5.32 Å². The molecule has 2 aromatic carbocycles. The van der Waals surface area contributed by atoms with Crippen LogP contribution in [0.2, 0.25) is 0 Å². The maximum atomic E-state index is 12.9. The van der Waals surface area contributed by atoms with Crippen LogP contribution >= 0.6 is 11.8 Å². The number of carbonyl (C=O) groups is 2. The maximum Gasteiger partial charge on any atom is 0.306 e. The lowest BCUT2D eigenvalue weighted by molar-refractivity contribution is -0.141. The van der Waals surface area contributed by atoms with Crippen LogP contribution in [0.25, 0.3) is 0 Å². The topological polar surface area (TPSA) is 66.4 Å². The highest BCUT2D eigenvalue weighted by atomic mass is 32.2. The summed E-state index contributed by atoms with van der Waals surface area (Å²) < 4.78 is 0. The number of aliphatic carboxylic acids is 1. The van der Waals surface area contributed by atoms with Crippen molar-refractivity contribution in [2.75, 3.05) is 0 Å². The van der Waals surface area contributed by atoms with E-state index in [1.54, 1.807) is 0 Å². The molecule has 2 aromatic rings. The second-order valence-corrected chi connectivity index (χ2v) is 7.45. The van der Waals surface area contributed by atoms with Gasteiger partial charge in [0.25, 0.3) is 0 Å². The quantitative estimate of drug-likeness (QED) is 0.772. The number of carboxylic acids is 1. The average molecular weight is 355 g/mol. The van der Waals surface area contributed by atoms with Gasteiger partial charge in [0.2, 0.25) is 5.91 Å². The fourth-order valence-electron chi connectivity index (χ4n) is 3.15. The minimum absolute atomic E-state index is 0.0591. The molecule has 1 unspecified atom stereocenters. The summed E-state index contributed by atoms with van der Waals surface area (Å²) in [6.07, 6.45) is 1.86. The van der Waals surface area contributed by atoms with Crippen LogP contribution in [-0.2, 0) is 9.59 Å². The van der Waals surface area contributed by atoms with E-state index >= 15 is 0 Å².